The van der Waals surface area contributed by atoms with Crippen LogP contribution in [0.5, 0.6) is 0 Å². The summed E-state index contributed by atoms with van der Waals surface area (Å²) >= 11 is 0. The minimum atomic E-state index is -0.108. The van der Waals surface area contributed by atoms with Crippen LogP contribution in [0, 0.1) is 0 Å². The zero-order chi connectivity index (χ0) is 16.1. The highest BCUT2D eigenvalue weighted by molar-refractivity contribution is 5.99. The Morgan fingerprint density at radius 1 is 1.09 bits per heavy atom. The highest BCUT2D eigenvalue weighted by Crippen LogP contribution is 2.23. The first-order chi connectivity index (χ1) is 11.2. The van der Waals surface area contributed by atoms with Crippen molar-refractivity contribution < 1.29 is 14.3 Å². The van der Waals surface area contributed by atoms with Crippen LogP contribution in [0.2, 0.25) is 0 Å². The minimum absolute atomic E-state index is 0.0151. The molecule has 0 radical (unpaired) electrons. The molecular formula is C17H23N3O3. The normalized spacial score (nSPS) is 20.5. The predicted octanol–water partition coefficient (Wildman–Crippen LogP) is 2.82. The monoisotopic (exact) mass is 317 g/mol. The molecule has 0 spiro atoms. The Morgan fingerprint density at radius 2 is 1.78 bits per heavy atom. The van der Waals surface area contributed by atoms with Gasteiger partial charge in [-0.25, -0.2) is 4.79 Å². The van der Waals surface area contributed by atoms with E-state index in [0.717, 1.165) is 45.4 Å². The largest absolute Gasteiger partial charge is 0.378 e. The number of ether oxygens (including phenoxy) is 1. The van der Waals surface area contributed by atoms with Crippen molar-refractivity contribution in [2.75, 3.05) is 30.3 Å². The van der Waals surface area contributed by atoms with Gasteiger partial charge in [0.25, 0.3) is 0 Å². The summed E-state index contributed by atoms with van der Waals surface area (Å²) in [5.41, 5.74) is 1.26. The molecule has 23 heavy (non-hydrogen) atoms. The Kier molecular flexibility index (Phi) is 5.12. The number of para-hydroxylation sites is 2. The maximum atomic E-state index is 12.2. The molecule has 0 unspecified atom stereocenters. The van der Waals surface area contributed by atoms with E-state index in [1.54, 1.807) is 17.0 Å². The lowest BCUT2D eigenvalue weighted by Crippen LogP contribution is -2.32. The predicted molar refractivity (Wildman–Crippen MR) is 88.5 cm³/mol. The number of nitrogens with one attached hydrogen (secondary N) is 2. The first-order valence-corrected chi connectivity index (χ1v) is 8.29. The van der Waals surface area contributed by atoms with Crippen molar-refractivity contribution in [3.8, 4) is 0 Å². The summed E-state index contributed by atoms with van der Waals surface area (Å²) in [6.07, 6.45) is 4.41. The van der Waals surface area contributed by atoms with Gasteiger partial charge in [-0.3, -0.25) is 4.79 Å². The molecule has 6 heteroatoms. The van der Waals surface area contributed by atoms with Crippen molar-refractivity contribution in [2.24, 2.45) is 0 Å². The molecule has 3 rings (SSSR count). The van der Waals surface area contributed by atoms with Gasteiger partial charge < -0.3 is 20.3 Å². The third kappa shape index (κ3) is 4.22. The molecule has 124 valence electrons. The van der Waals surface area contributed by atoms with Crippen LogP contribution in [0.15, 0.2) is 24.3 Å². The molecule has 0 saturated carbocycles. The lowest BCUT2D eigenvalue weighted by molar-refractivity contribution is -0.118. The van der Waals surface area contributed by atoms with Crippen LogP contribution in [0.25, 0.3) is 0 Å². The number of nitrogens with zero attached hydrogens (tertiary/aromatic N) is 1. The van der Waals surface area contributed by atoms with Gasteiger partial charge in [-0.15, -0.1) is 0 Å². The molecule has 6 nitrogen and oxygen atoms in total. The molecule has 2 saturated heterocycles. The molecule has 2 aliphatic rings. The Hall–Kier alpha value is -2.08. The van der Waals surface area contributed by atoms with Crippen molar-refractivity contribution in [2.45, 2.75) is 38.2 Å². The third-order valence-electron chi connectivity index (χ3n) is 4.27. The van der Waals surface area contributed by atoms with Crippen LogP contribution in [0.4, 0.5) is 16.2 Å². The first-order valence-electron chi connectivity index (χ1n) is 8.29. The van der Waals surface area contributed by atoms with Crippen LogP contribution in [-0.2, 0) is 9.53 Å². The number of carbonyl (C=O) groups is 2. The molecule has 0 bridgehead atoms. The third-order valence-corrected chi connectivity index (χ3v) is 4.27. The van der Waals surface area contributed by atoms with E-state index in [9.17, 15) is 9.59 Å². The molecular weight excluding hydrogens is 294 g/mol. The molecule has 0 aliphatic carbocycles. The molecule has 1 aromatic rings. The van der Waals surface area contributed by atoms with Crippen LogP contribution in [-0.4, -0.2) is 42.6 Å². The topological polar surface area (TPSA) is 70.7 Å². The average Bonchev–Trinajstić information content (AvgIpc) is 3.22. The van der Waals surface area contributed by atoms with E-state index in [-0.39, 0.29) is 18.0 Å². The van der Waals surface area contributed by atoms with E-state index in [4.69, 9.17) is 4.74 Å². The Labute approximate surface area is 136 Å². The molecule has 2 heterocycles. The van der Waals surface area contributed by atoms with Crippen molar-refractivity contribution in [3.05, 3.63) is 24.3 Å². The molecule has 0 aromatic heterocycles. The molecule has 1 atom stereocenters. The Bertz CT molecular complexity index is 564. The van der Waals surface area contributed by atoms with Gasteiger partial charge in [0.1, 0.15) is 0 Å². The van der Waals surface area contributed by atoms with Gasteiger partial charge in [0.15, 0.2) is 0 Å². The summed E-state index contributed by atoms with van der Waals surface area (Å²) in [5, 5.41) is 5.77. The number of carbonyl (C=O) groups excluding carboxylic acids is 2. The number of likely N-dealkylation sites (tertiary alicyclic amines) is 1. The molecule has 2 aliphatic heterocycles. The van der Waals surface area contributed by atoms with E-state index in [1.165, 1.54) is 0 Å². The SMILES string of the molecule is O=C(C[C@H]1CCCO1)Nc1ccccc1NC(=O)N1CCCC1. The van der Waals surface area contributed by atoms with Gasteiger partial charge in [-0.2, -0.15) is 0 Å². The highest BCUT2D eigenvalue weighted by atomic mass is 16.5. The lowest BCUT2D eigenvalue weighted by atomic mass is 10.1. The fraction of sp³-hybridized carbons (Fsp3) is 0.529. The van der Waals surface area contributed by atoms with E-state index < -0.39 is 0 Å². The maximum absolute atomic E-state index is 12.2. The van der Waals surface area contributed by atoms with Gasteiger partial charge >= 0.3 is 6.03 Å². The van der Waals surface area contributed by atoms with Gasteiger partial charge in [0.05, 0.1) is 23.9 Å². The van der Waals surface area contributed by atoms with Crippen molar-refractivity contribution in [3.63, 3.8) is 0 Å². The van der Waals surface area contributed by atoms with Gasteiger partial charge in [-0.1, -0.05) is 12.1 Å². The quantitative estimate of drug-likeness (QED) is 0.897. The summed E-state index contributed by atoms with van der Waals surface area (Å²) in [6, 6.07) is 7.17. The van der Waals surface area contributed by atoms with Crippen molar-refractivity contribution >= 4 is 23.3 Å². The molecule has 3 amide bonds. The zero-order valence-corrected chi connectivity index (χ0v) is 13.2. The molecule has 2 N–H and O–H groups in total. The number of hydrogen-bond acceptors (Lipinski definition) is 3. The second-order valence-electron chi connectivity index (χ2n) is 6.06. The second kappa shape index (κ2) is 7.46. The van der Waals surface area contributed by atoms with Gasteiger partial charge in [0.2, 0.25) is 5.91 Å². The first kappa shape index (κ1) is 15.8. The van der Waals surface area contributed by atoms with Crippen LogP contribution < -0.4 is 10.6 Å². The van der Waals surface area contributed by atoms with Crippen molar-refractivity contribution in [1.29, 1.82) is 0 Å². The summed E-state index contributed by atoms with van der Waals surface area (Å²) in [7, 11) is 0. The summed E-state index contributed by atoms with van der Waals surface area (Å²) in [6.45, 7) is 2.32. The highest BCUT2D eigenvalue weighted by Gasteiger charge is 2.21. The Morgan fingerprint density at radius 3 is 2.43 bits per heavy atom. The number of urea groups is 1. The van der Waals surface area contributed by atoms with E-state index in [2.05, 4.69) is 10.6 Å². The van der Waals surface area contributed by atoms with Gasteiger partial charge in [-0.05, 0) is 37.8 Å². The van der Waals surface area contributed by atoms with Gasteiger partial charge in [0, 0.05) is 19.7 Å². The Balaban J connectivity index is 1.60. The smallest absolute Gasteiger partial charge is 0.321 e. The number of amides is 3. The summed E-state index contributed by atoms with van der Waals surface area (Å²) < 4.78 is 5.49. The number of anilines is 2. The second-order valence-corrected chi connectivity index (χ2v) is 6.06. The fourth-order valence-electron chi connectivity index (χ4n) is 3.03. The van der Waals surface area contributed by atoms with E-state index in [1.807, 2.05) is 12.1 Å². The fourth-order valence-corrected chi connectivity index (χ4v) is 3.03. The molecule has 2 fully saturated rings. The summed E-state index contributed by atoms with van der Waals surface area (Å²) in [5.74, 6) is -0.0835. The maximum Gasteiger partial charge on any atom is 0.321 e. The van der Waals surface area contributed by atoms with E-state index >= 15 is 0 Å². The van der Waals surface area contributed by atoms with Crippen molar-refractivity contribution in [1.82, 2.24) is 4.90 Å². The number of benzene rings is 1. The molecule has 1 aromatic carbocycles. The summed E-state index contributed by atoms with van der Waals surface area (Å²) in [4.78, 5) is 26.2. The lowest BCUT2D eigenvalue weighted by Gasteiger charge is -2.18. The number of rotatable bonds is 4. The van der Waals surface area contributed by atoms with Crippen LogP contribution in [0.3, 0.4) is 0 Å². The average molecular weight is 317 g/mol. The zero-order valence-electron chi connectivity index (χ0n) is 13.2. The van der Waals surface area contributed by atoms with Crippen LogP contribution >= 0.6 is 0 Å². The minimum Gasteiger partial charge on any atom is -0.378 e. The van der Waals surface area contributed by atoms with E-state index in [0.29, 0.717) is 17.8 Å². The number of hydrogen-bond donors (Lipinski definition) is 2. The van der Waals surface area contributed by atoms with Crippen LogP contribution in [0.1, 0.15) is 32.1 Å². The standard InChI is InChI=1S/C17H23N3O3/c21-16(12-13-6-5-11-23-13)18-14-7-1-2-8-15(14)19-17(22)20-9-3-4-10-20/h1-2,7-8,13H,3-6,9-12H2,(H,18,21)(H,19,22)/t13-/m1/s1.